The first-order chi connectivity index (χ1) is 13.7. The van der Waals surface area contributed by atoms with Crippen molar-refractivity contribution in [3.8, 4) is 0 Å². The van der Waals surface area contributed by atoms with Gasteiger partial charge >= 0.3 is 6.09 Å². The van der Waals surface area contributed by atoms with Gasteiger partial charge in [-0.05, 0) is 70.5 Å². The van der Waals surface area contributed by atoms with Crippen LogP contribution in [0.5, 0.6) is 0 Å². The van der Waals surface area contributed by atoms with Crippen molar-refractivity contribution in [2.75, 3.05) is 13.6 Å². The number of hydrogen-bond acceptors (Lipinski definition) is 4. The van der Waals surface area contributed by atoms with Crippen LogP contribution in [-0.4, -0.2) is 37.2 Å². The molecule has 0 saturated heterocycles. The molecule has 0 aromatic heterocycles. The molecule has 2 aromatic rings. The lowest BCUT2D eigenvalue weighted by molar-refractivity contribution is -0.124. The van der Waals surface area contributed by atoms with Crippen molar-refractivity contribution in [3.63, 3.8) is 0 Å². The predicted octanol–water partition coefficient (Wildman–Crippen LogP) is 3.91. The van der Waals surface area contributed by atoms with Crippen molar-refractivity contribution in [2.24, 2.45) is 0 Å². The molecule has 2 amide bonds. The van der Waals surface area contributed by atoms with E-state index in [1.54, 1.807) is 20.8 Å². The van der Waals surface area contributed by atoms with Gasteiger partial charge in [-0.25, -0.2) is 4.79 Å². The van der Waals surface area contributed by atoms with Crippen molar-refractivity contribution in [1.29, 1.82) is 0 Å². The Balaban J connectivity index is 2.11. The number of benzene rings is 2. The van der Waals surface area contributed by atoms with E-state index in [0.717, 1.165) is 29.3 Å². The molecule has 1 unspecified atom stereocenters. The summed E-state index contributed by atoms with van der Waals surface area (Å²) in [4.78, 5) is 25.2. The second-order valence-electron chi connectivity index (χ2n) is 8.24. The summed E-state index contributed by atoms with van der Waals surface area (Å²) < 4.78 is 5.33. The number of carbonyl (C=O) groups is 2. The summed E-state index contributed by atoms with van der Waals surface area (Å²) >= 11 is 0. The molecular weight excluding hydrogens is 366 g/mol. The summed E-state index contributed by atoms with van der Waals surface area (Å²) in [7, 11) is 1.86. The number of rotatable bonds is 8. The molecule has 0 aliphatic rings. The highest BCUT2D eigenvalue weighted by atomic mass is 16.6. The van der Waals surface area contributed by atoms with Crippen LogP contribution in [0.1, 0.15) is 52.1 Å². The van der Waals surface area contributed by atoms with E-state index in [1.807, 2.05) is 38.2 Å². The lowest BCUT2D eigenvalue weighted by atomic mass is 9.99. The fraction of sp³-hybridized carbons (Fsp3) is 0.478. The van der Waals surface area contributed by atoms with E-state index in [2.05, 4.69) is 34.1 Å². The van der Waals surface area contributed by atoms with Gasteiger partial charge < -0.3 is 20.7 Å². The van der Waals surface area contributed by atoms with Crippen LogP contribution in [0.4, 0.5) is 4.79 Å². The Morgan fingerprint density at radius 1 is 1.03 bits per heavy atom. The van der Waals surface area contributed by atoms with Crippen LogP contribution >= 0.6 is 0 Å². The molecular formula is C23H33N3O3. The fourth-order valence-electron chi connectivity index (χ4n) is 3.22. The van der Waals surface area contributed by atoms with Gasteiger partial charge in [0.2, 0.25) is 5.91 Å². The summed E-state index contributed by atoms with van der Waals surface area (Å²) in [5.74, 6) is -0.215. The van der Waals surface area contributed by atoms with Gasteiger partial charge in [0.05, 0.1) is 6.04 Å². The van der Waals surface area contributed by atoms with Gasteiger partial charge in [0, 0.05) is 0 Å². The molecule has 2 aromatic carbocycles. The standard InChI is InChI=1S/C23H33N3O3/c1-16(18-13-8-11-17-10-6-7-12-19(17)18)25-21(27)20(14-9-15-24-5)26-22(28)29-23(2,3)4/h6-8,10-13,16,20,24H,9,14-15H2,1-5H3,(H,25,27)(H,26,28)/t16-,20?/m0/s1. The van der Waals surface area contributed by atoms with E-state index in [9.17, 15) is 9.59 Å². The monoisotopic (exact) mass is 399 g/mol. The minimum Gasteiger partial charge on any atom is -0.444 e. The van der Waals surface area contributed by atoms with Crippen LogP contribution in [0.2, 0.25) is 0 Å². The molecule has 0 bridgehead atoms. The smallest absolute Gasteiger partial charge is 0.408 e. The third-order valence-corrected chi connectivity index (χ3v) is 4.58. The summed E-state index contributed by atoms with van der Waals surface area (Å²) in [6.07, 6.45) is 0.696. The lowest BCUT2D eigenvalue weighted by Crippen LogP contribution is -2.48. The van der Waals surface area contributed by atoms with E-state index in [0.29, 0.717) is 6.42 Å². The molecule has 3 N–H and O–H groups in total. The van der Waals surface area contributed by atoms with Crippen molar-refractivity contribution in [1.82, 2.24) is 16.0 Å². The van der Waals surface area contributed by atoms with Gasteiger partial charge in [0.25, 0.3) is 0 Å². The number of carbonyl (C=O) groups excluding carboxylic acids is 2. The van der Waals surface area contributed by atoms with Gasteiger partial charge in [0.1, 0.15) is 11.6 Å². The molecule has 158 valence electrons. The Bertz CT molecular complexity index is 824. The van der Waals surface area contributed by atoms with Crippen LogP contribution in [0.15, 0.2) is 42.5 Å². The molecule has 0 radical (unpaired) electrons. The van der Waals surface area contributed by atoms with Gasteiger partial charge in [-0.2, -0.15) is 0 Å². The number of nitrogens with one attached hydrogen (secondary N) is 3. The zero-order valence-electron chi connectivity index (χ0n) is 18.0. The molecule has 0 aliphatic carbocycles. The maximum Gasteiger partial charge on any atom is 0.408 e. The van der Waals surface area contributed by atoms with Crippen molar-refractivity contribution in [3.05, 3.63) is 48.0 Å². The van der Waals surface area contributed by atoms with Gasteiger partial charge in [-0.3, -0.25) is 4.79 Å². The average molecular weight is 400 g/mol. The molecule has 6 nitrogen and oxygen atoms in total. The largest absolute Gasteiger partial charge is 0.444 e. The lowest BCUT2D eigenvalue weighted by Gasteiger charge is -2.25. The zero-order chi connectivity index (χ0) is 21.4. The van der Waals surface area contributed by atoms with Crippen LogP contribution < -0.4 is 16.0 Å². The predicted molar refractivity (Wildman–Crippen MR) is 117 cm³/mol. The van der Waals surface area contributed by atoms with Crippen molar-refractivity contribution >= 4 is 22.8 Å². The summed E-state index contributed by atoms with van der Waals surface area (Å²) in [5, 5.41) is 11.1. The Hall–Kier alpha value is -2.60. The zero-order valence-corrected chi connectivity index (χ0v) is 18.0. The Morgan fingerprint density at radius 2 is 1.72 bits per heavy atom. The van der Waals surface area contributed by atoms with E-state index >= 15 is 0 Å². The van der Waals surface area contributed by atoms with Crippen molar-refractivity contribution < 1.29 is 14.3 Å². The van der Waals surface area contributed by atoms with E-state index < -0.39 is 17.7 Å². The van der Waals surface area contributed by atoms with E-state index in [1.165, 1.54) is 0 Å². The maximum absolute atomic E-state index is 13.0. The van der Waals surface area contributed by atoms with Crippen LogP contribution in [0.3, 0.4) is 0 Å². The molecule has 29 heavy (non-hydrogen) atoms. The number of amides is 2. The highest BCUT2D eigenvalue weighted by Gasteiger charge is 2.25. The Morgan fingerprint density at radius 3 is 2.41 bits per heavy atom. The second-order valence-corrected chi connectivity index (χ2v) is 8.24. The first-order valence-electron chi connectivity index (χ1n) is 10.1. The van der Waals surface area contributed by atoms with Gasteiger partial charge in [0.15, 0.2) is 0 Å². The first-order valence-corrected chi connectivity index (χ1v) is 10.1. The van der Waals surface area contributed by atoms with Crippen molar-refractivity contribution in [2.45, 2.75) is 58.2 Å². The number of ether oxygens (including phenoxy) is 1. The molecule has 0 saturated carbocycles. The summed E-state index contributed by atoms with van der Waals surface area (Å²) in [5.41, 5.74) is 0.425. The highest BCUT2D eigenvalue weighted by Crippen LogP contribution is 2.24. The van der Waals surface area contributed by atoms with Gasteiger partial charge in [-0.1, -0.05) is 42.5 Å². The molecule has 0 aliphatic heterocycles. The highest BCUT2D eigenvalue weighted by molar-refractivity contribution is 5.88. The Labute approximate surface area is 173 Å². The number of alkyl carbamates (subject to hydrolysis) is 1. The minimum atomic E-state index is -0.657. The molecule has 2 atom stereocenters. The fourth-order valence-corrected chi connectivity index (χ4v) is 3.22. The third kappa shape index (κ3) is 7.06. The average Bonchev–Trinajstić information content (AvgIpc) is 2.65. The summed E-state index contributed by atoms with van der Waals surface area (Å²) in [6.45, 7) is 8.11. The SMILES string of the molecule is CNCCCC(NC(=O)OC(C)(C)C)C(=O)N[C@@H](C)c1cccc2ccccc12. The van der Waals surface area contributed by atoms with E-state index in [4.69, 9.17) is 4.74 Å². The third-order valence-electron chi connectivity index (χ3n) is 4.58. The minimum absolute atomic E-state index is 0.194. The molecule has 0 fully saturated rings. The van der Waals surface area contributed by atoms with Crippen LogP contribution in [-0.2, 0) is 9.53 Å². The van der Waals surface area contributed by atoms with Crippen LogP contribution in [0.25, 0.3) is 10.8 Å². The molecule has 6 heteroatoms. The second kappa shape index (κ2) is 10.3. The Kier molecular flexibility index (Phi) is 8.02. The normalized spacial score (nSPS) is 13.6. The quantitative estimate of drug-likeness (QED) is 0.588. The molecule has 2 rings (SSSR count). The summed E-state index contributed by atoms with van der Waals surface area (Å²) in [6, 6.07) is 13.3. The molecule has 0 spiro atoms. The number of fused-ring (bicyclic) bond motifs is 1. The molecule has 0 heterocycles. The maximum atomic E-state index is 13.0. The topological polar surface area (TPSA) is 79.5 Å². The first kappa shape index (κ1) is 22.7. The van der Waals surface area contributed by atoms with Gasteiger partial charge in [-0.15, -0.1) is 0 Å². The number of hydrogen-bond donors (Lipinski definition) is 3. The van der Waals surface area contributed by atoms with E-state index in [-0.39, 0.29) is 11.9 Å². The van der Waals surface area contributed by atoms with Crippen LogP contribution in [0, 0.1) is 0 Å².